The predicted molar refractivity (Wildman–Crippen MR) is 40.8 cm³/mol. The van der Waals surface area contributed by atoms with Gasteiger partial charge in [0.15, 0.2) is 0 Å². The Morgan fingerprint density at radius 2 is 2.00 bits per heavy atom. The third kappa shape index (κ3) is 3.80. The molecule has 0 aliphatic carbocycles. The average molecular weight is 447 g/mol. The molecule has 0 aliphatic rings. The van der Waals surface area contributed by atoms with Crippen LogP contribution in [0.2, 0.25) is 0 Å². The largest absolute Gasteiger partial charge is 0.508 e. The van der Waals surface area contributed by atoms with Crippen molar-refractivity contribution >= 4 is 22.6 Å². The van der Waals surface area contributed by atoms with Crippen LogP contribution in [0, 0.1) is 47.6 Å². The third-order valence-electron chi connectivity index (χ3n) is 0.808. The SMILES string of the molecule is Oc1cccc(I)c1.[Ac]. The Morgan fingerprint density at radius 1 is 1.33 bits per heavy atom. The number of benzene rings is 1. The molecule has 1 aromatic carbocycles. The summed E-state index contributed by atoms with van der Waals surface area (Å²) in [5, 5.41) is 8.81. The molecule has 3 heteroatoms. The van der Waals surface area contributed by atoms with Crippen LogP contribution < -0.4 is 0 Å². The summed E-state index contributed by atoms with van der Waals surface area (Å²) < 4.78 is 1.06. The van der Waals surface area contributed by atoms with E-state index in [4.69, 9.17) is 5.11 Å². The zero-order valence-electron chi connectivity index (χ0n) is 4.71. The summed E-state index contributed by atoms with van der Waals surface area (Å²) in [5.74, 6) is 0.330. The van der Waals surface area contributed by atoms with E-state index in [1.807, 2.05) is 12.1 Å². The number of rotatable bonds is 0. The van der Waals surface area contributed by atoms with E-state index in [9.17, 15) is 0 Å². The smallest absolute Gasteiger partial charge is 0.116 e. The zero-order valence-corrected chi connectivity index (χ0v) is 11.6. The molecule has 1 rings (SSSR count). The van der Waals surface area contributed by atoms with Crippen molar-refractivity contribution in [3.05, 3.63) is 27.8 Å². The van der Waals surface area contributed by atoms with Gasteiger partial charge in [0.1, 0.15) is 5.75 Å². The van der Waals surface area contributed by atoms with Crippen molar-refractivity contribution in [2.24, 2.45) is 0 Å². The van der Waals surface area contributed by atoms with E-state index in [1.54, 1.807) is 12.1 Å². The fraction of sp³-hybridized carbons (Fsp3) is 0. The van der Waals surface area contributed by atoms with Crippen LogP contribution >= 0.6 is 22.6 Å². The molecule has 0 amide bonds. The number of hydrogen-bond acceptors (Lipinski definition) is 1. The zero-order chi connectivity index (χ0) is 5.98. The first-order valence-electron chi connectivity index (χ1n) is 2.23. The van der Waals surface area contributed by atoms with E-state index >= 15 is 0 Å². The van der Waals surface area contributed by atoms with Gasteiger partial charge in [-0.25, -0.2) is 0 Å². The van der Waals surface area contributed by atoms with Crippen LogP contribution in [0.4, 0.5) is 0 Å². The molecule has 0 saturated heterocycles. The number of phenols is 1. The Labute approximate surface area is 104 Å². The van der Waals surface area contributed by atoms with Crippen molar-refractivity contribution in [1.82, 2.24) is 0 Å². The average Bonchev–Trinajstić information content (AvgIpc) is 1.64. The first kappa shape index (κ1) is 10.2. The molecular weight excluding hydrogens is 442 g/mol. The van der Waals surface area contributed by atoms with Crippen molar-refractivity contribution < 1.29 is 49.2 Å². The maximum atomic E-state index is 8.81. The standard InChI is InChI=1S/C6H5IO.Ac/c7-5-2-1-3-6(8)4-5;/h1-4,8H;. The molecule has 0 spiro atoms. The van der Waals surface area contributed by atoms with Gasteiger partial charge in [-0.1, -0.05) is 6.07 Å². The van der Waals surface area contributed by atoms with E-state index in [2.05, 4.69) is 22.6 Å². The van der Waals surface area contributed by atoms with Gasteiger partial charge in [-0.05, 0) is 40.8 Å². The van der Waals surface area contributed by atoms with Gasteiger partial charge < -0.3 is 5.11 Å². The molecule has 0 aliphatic heterocycles. The summed E-state index contributed by atoms with van der Waals surface area (Å²) in [5.41, 5.74) is 0. The molecule has 1 radical (unpaired) electrons. The molecule has 0 bridgehead atoms. The van der Waals surface area contributed by atoms with Gasteiger partial charge in [0.25, 0.3) is 0 Å². The topological polar surface area (TPSA) is 20.2 Å². The van der Waals surface area contributed by atoms with Gasteiger partial charge in [0.2, 0.25) is 0 Å². The van der Waals surface area contributed by atoms with Crippen LogP contribution in [0.5, 0.6) is 5.75 Å². The third-order valence-corrected chi connectivity index (χ3v) is 1.48. The predicted octanol–water partition coefficient (Wildman–Crippen LogP) is 2.00. The first-order chi connectivity index (χ1) is 3.79. The molecule has 1 aromatic rings. The Bertz CT molecular complexity index is 173. The Balaban J connectivity index is 0.000000640. The van der Waals surface area contributed by atoms with Crippen LogP contribution in [-0.4, -0.2) is 5.11 Å². The summed E-state index contributed by atoms with van der Waals surface area (Å²) in [6, 6.07) is 7.11. The Kier molecular flexibility index (Phi) is 5.58. The van der Waals surface area contributed by atoms with Gasteiger partial charge in [0, 0.05) is 47.6 Å². The van der Waals surface area contributed by atoms with E-state index < -0.39 is 0 Å². The summed E-state index contributed by atoms with van der Waals surface area (Å²) in [6.45, 7) is 0. The molecule has 0 aromatic heterocycles. The van der Waals surface area contributed by atoms with Crippen molar-refractivity contribution in [3.8, 4) is 5.75 Å². The normalized spacial score (nSPS) is 8.11. The molecule has 0 atom stereocenters. The number of hydrogen-bond donors (Lipinski definition) is 1. The van der Waals surface area contributed by atoms with Crippen molar-refractivity contribution in [2.75, 3.05) is 0 Å². The van der Waals surface area contributed by atoms with E-state index in [1.165, 1.54) is 0 Å². The van der Waals surface area contributed by atoms with Crippen LogP contribution in [0.25, 0.3) is 0 Å². The summed E-state index contributed by atoms with van der Waals surface area (Å²) in [4.78, 5) is 0. The maximum Gasteiger partial charge on any atom is 0.116 e. The van der Waals surface area contributed by atoms with Gasteiger partial charge in [-0.2, -0.15) is 0 Å². The molecule has 0 saturated carbocycles. The minimum Gasteiger partial charge on any atom is -0.508 e. The monoisotopic (exact) mass is 447 g/mol. The Morgan fingerprint density at radius 3 is 2.33 bits per heavy atom. The molecule has 45 valence electrons. The number of phenolic OH excluding ortho intramolecular Hbond substituents is 1. The molecule has 0 heterocycles. The van der Waals surface area contributed by atoms with Crippen molar-refractivity contribution in [1.29, 1.82) is 0 Å². The minimum absolute atomic E-state index is 0. The number of halogens is 1. The van der Waals surface area contributed by atoms with E-state index in [-0.39, 0.29) is 44.1 Å². The van der Waals surface area contributed by atoms with Crippen LogP contribution in [0.1, 0.15) is 0 Å². The fourth-order valence-corrected chi connectivity index (χ4v) is 1.00. The van der Waals surface area contributed by atoms with Gasteiger partial charge in [0.05, 0.1) is 0 Å². The van der Waals surface area contributed by atoms with Gasteiger partial charge in [-0.3, -0.25) is 0 Å². The second-order valence-electron chi connectivity index (χ2n) is 1.48. The Hall–Kier alpha value is 1.19. The van der Waals surface area contributed by atoms with Gasteiger partial charge >= 0.3 is 0 Å². The fourth-order valence-electron chi connectivity index (χ4n) is 0.476. The minimum atomic E-state index is 0. The second kappa shape index (κ2) is 4.92. The van der Waals surface area contributed by atoms with Crippen molar-refractivity contribution in [2.45, 2.75) is 0 Å². The number of aromatic hydroxyl groups is 1. The quantitative estimate of drug-likeness (QED) is 0.604. The summed E-state index contributed by atoms with van der Waals surface area (Å²) >= 11 is 2.15. The molecule has 1 nitrogen and oxygen atoms in total. The van der Waals surface area contributed by atoms with Gasteiger partial charge in [-0.15, -0.1) is 0 Å². The van der Waals surface area contributed by atoms with E-state index in [0.717, 1.165) is 3.57 Å². The molecule has 9 heavy (non-hydrogen) atoms. The summed E-state index contributed by atoms with van der Waals surface area (Å²) in [7, 11) is 0. The molecular formula is C6H5AcIO. The molecule has 0 fully saturated rings. The molecule has 1 N–H and O–H groups in total. The van der Waals surface area contributed by atoms with E-state index in [0.29, 0.717) is 5.75 Å². The maximum absolute atomic E-state index is 8.81. The summed E-state index contributed by atoms with van der Waals surface area (Å²) in [6.07, 6.45) is 0. The van der Waals surface area contributed by atoms with Crippen molar-refractivity contribution in [3.63, 3.8) is 0 Å². The van der Waals surface area contributed by atoms with Crippen LogP contribution in [0.15, 0.2) is 24.3 Å². The first-order valence-corrected chi connectivity index (χ1v) is 3.31. The van der Waals surface area contributed by atoms with Crippen LogP contribution in [0.3, 0.4) is 0 Å². The second-order valence-corrected chi connectivity index (χ2v) is 2.73. The molecule has 0 unspecified atom stereocenters. The van der Waals surface area contributed by atoms with Crippen LogP contribution in [-0.2, 0) is 0 Å².